The summed E-state index contributed by atoms with van der Waals surface area (Å²) in [5.74, 6) is 2.50. The van der Waals surface area contributed by atoms with E-state index in [1.165, 1.54) is 0 Å². The Kier molecular flexibility index (Phi) is 7.36. The van der Waals surface area contributed by atoms with Crippen molar-refractivity contribution in [2.24, 2.45) is 10.7 Å². The fraction of sp³-hybridized carbons (Fsp3) is 0.562. The highest BCUT2D eigenvalue weighted by atomic mass is 16.5. The largest absolute Gasteiger partial charge is 0.493 e. The lowest BCUT2D eigenvalue weighted by molar-refractivity contribution is 0.322. The van der Waals surface area contributed by atoms with E-state index in [1.807, 2.05) is 17.0 Å². The van der Waals surface area contributed by atoms with E-state index < -0.39 is 0 Å². The number of nitrogens with two attached hydrogens (primary N) is 1. The summed E-state index contributed by atoms with van der Waals surface area (Å²) in [4.78, 5) is 6.45. The minimum atomic E-state index is 0.574. The SMILES string of the molecule is CCN(CC)C(N)=NCCc1ccc(OC)c(OC)c1OC. The molecular weight excluding hydrogens is 282 g/mol. The molecule has 0 amide bonds. The number of aliphatic imine (C=N–C) groups is 1. The molecule has 0 bridgehead atoms. The number of methoxy groups -OCH3 is 3. The Morgan fingerprint density at radius 2 is 1.68 bits per heavy atom. The number of benzene rings is 1. The summed E-state index contributed by atoms with van der Waals surface area (Å²) in [7, 11) is 4.82. The standard InChI is InChI=1S/C16H27N3O3/c1-6-19(7-2)16(17)18-11-10-12-8-9-13(20-3)15(22-5)14(12)21-4/h8-9H,6-7,10-11H2,1-5H3,(H2,17,18). The van der Waals surface area contributed by atoms with Gasteiger partial charge in [-0.2, -0.15) is 0 Å². The van der Waals surface area contributed by atoms with Crippen LogP contribution in [0.4, 0.5) is 0 Å². The van der Waals surface area contributed by atoms with Gasteiger partial charge in [-0.25, -0.2) is 0 Å². The number of ether oxygens (including phenoxy) is 3. The summed E-state index contributed by atoms with van der Waals surface area (Å²) in [5, 5.41) is 0. The number of hydrogen-bond acceptors (Lipinski definition) is 4. The van der Waals surface area contributed by atoms with Gasteiger partial charge in [-0.15, -0.1) is 0 Å². The Balaban J connectivity index is 2.88. The van der Waals surface area contributed by atoms with E-state index in [1.54, 1.807) is 21.3 Å². The topological polar surface area (TPSA) is 69.3 Å². The van der Waals surface area contributed by atoms with Crippen molar-refractivity contribution >= 4 is 5.96 Å². The van der Waals surface area contributed by atoms with Crippen molar-refractivity contribution in [3.05, 3.63) is 17.7 Å². The molecule has 22 heavy (non-hydrogen) atoms. The number of guanidine groups is 1. The second-order valence-corrected chi connectivity index (χ2v) is 4.66. The number of hydrogen-bond donors (Lipinski definition) is 1. The summed E-state index contributed by atoms with van der Waals surface area (Å²) in [6.45, 7) is 6.41. The first-order valence-corrected chi connectivity index (χ1v) is 7.45. The second kappa shape index (κ2) is 9.02. The monoisotopic (exact) mass is 309 g/mol. The van der Waals surface area contributed by atoms with Crippen LogP contribution in [0.15, 0.2) is 17.1 Å². The lowest BCUT2D eigenvalue weighted by atomic mass is 10.1. The molecule has 0 aliphatic rings. The van der Waals surface area contributed by atoms with Crippen molar-refractivity contribution in [1.29, 1.82) is 0 Å². The van der Waals surface area contributed by atoms with Crippen LogP contribution in [0.1, 0.15) is 19.4 Å². The summed E-state index contributed by atoms with van der Waals surface area (Å²) >= 11 is 0. The smallest absolute Gasteiger partial charge is 0.203 e. The molecular formula is C16H27N3O3. The Morgan fingerprint density at radius 3 is 2.18 bits per heavy atom. The highest BCUT2D eigenvalue weighted by molar-refractivity contribution is 5.78. The van der Waals surface area contributed by atoms with Crippen LogP contribution in [0.5, 0.6) is 17.2 Å². The third-order valence-electron chi connectivity index (χ3n) is 3.53. The fourth-order valence-electron chi connectivity index (χ4n) is 2.30. The van der Waals surface area contributed by atoms with E-state index >= 15 is 0 Å². The molecule has 0 saturated heterocycles. The average Bonchev–Trinajstić information content (AvgIpc) is 2.55. The van der Waals surface area contributed by atoms with E-state index in [-0.39, 0.29) is 0 Å². The molecule has 0 aromatic heterocycles. The van der Waals surface area contributed by atoms with Gasteiger partial charge >= 0.3 is 0 Å². The summed E-state index contributed by atoms with van der Waals surface area (Å²) in [6.07, 6.45) is 0.714. The van der Waals surface area contributed by atoms with Crippen LogP contribution in [0, 0.1) is 0 Å². The van der Waals surface area contributed by atoms with Crippen molar-refractivity contribution in [1.82, 2.24) is 4.90 Å². The van der Waals surface area contributed by atoms with Crippen molar-refractivity contribution in [2.45, 2.75) is 20.3 Å². The normalized spacial score (nSPS) is 11.2. The van der Waals surface area contributed by atoms with Crippen molar-refractivity contribution < 1.29 is 14.2 Å². The maximum absolute atomic E-state index is 5.98. The quantitative estimate of drug-likeness (QED) is 0.587. The summed E-state index contributed by atoms with van der Waals surface area (Å²) < 4.78 is 16.1. The summed E-state index contributed by atoms with van der Waals surface area (Å²) in [5.41, 5.74) is 6.99. The van der Waals surface area contributed by atoms with Gasteiger partial charge in [0.1, 0.15) is 0 Å². The van der Waals surface area contributed by atoms with Crippen LogP contribution >= 0.6 is 0 Å². The molecule has 0 fully saturated rings. The molecule has 1 aromatic rings. The van der Waals surface area contributed by atoms with Crippen LogP contribution in [0.2, 0.25) is 0 Å². The van der Waals surface area contributed by atoms with E-state index in [9.17, 15) is 0 Å². The maximum atomic E-state index is 5.98. The van der Waals surface area contributed by atoms with E-state index in [0.29, 0.717) is 36.2 Å². The highest BCUT2D eigenvalue weighted by Crippen LogP contribution is 2.39. The molecule has 0 aliphatic heterocycles. The van der Waals surface area contributed by atoms with Crippen molar-refractivity contribution in [3.8, 4) is 17.2 Å². The van der Waals surface area contributed by atoms with Crippen LogP contribution in [-0.2, 0) is 6.42 Å². The molecule has 0 radical (unpaired) electrons. The Hall–Kier alpha value is -2.11. The summed E-state index contributed by atoms with van der Waals surface area (Å²) in [6, 6.07) is 3.83. The van der Waals surface area contributed by atoms with Gasteiger partial charge < -0.3 is 24.8 Å². The van der Waals surface area contributed by atoms with Gasteiger partial charge in [0.25, 0.3) is 0 Å². The van der Waals surface area contributed by atoms with E-state index in [0.717, 1.165) is 18.7 Å². The first-order valence-electron chi connectivity index (χ1n) is 7.45. The van der Waals surface area contributed by atoms with Crippen molar-refractivity contribution in [3.63, 3.8) is 0 Å². The molecule has 0 heterocycles. The predicted octanol–water partition coefficient (Wildman–Crippen LogP) is 1.91. The third kappa shape index (κ3) is 4.19. The van der Waals surface area contributed by atoms with Crippen LogP contribution in [-0.4, -0.2) is 51.8 Å². The molecule has 0 saturated carbocycles. The fourth-order valence-corrected chi connectivity index (χ4v) is 2.30. The molecule has 1 aromatic carbocycles. The first-order chi connectivity index (χ1) is 10.6. The molecule has 1 rings (SSSR count). The Morgan fingerprint density at radius 1 is 1.05 bits per heavy atom. The minimum Gasteiger partial charge on any atom is -0.493 e. The highest BCUT2D eigenvalue weighted by Gasteiger charge is 2.15. The van der Waals surface area contributed by atoms with Crippen molar-refractivity contribution in [2.75, 3.05) is 41.0 Å². The van der Waals surface area contributed by atoms with Gasteiger partial charge in [0.05, 0.1) is 21.3 Å². The molecule has 0 spiro atoms. The molecule has 6 heteroatoms. The second-order valence-electron chi connectivity index (χ2n) is 4.66. The van der Waals surface area contributed by atoms with Gasteiger partial charge in [-0.05, 0) is 26.3 Å². The van der Waals surface area contributed by atoms with Gasteiger partial charge in [0.2, 0.25) is 5.75 Å². The zero-order chi connectivity index (χ0) is 16.5. The van der Waals surface area contributed by atoms with E-state index in [2.05, 4.69) is 18.8 Å². The van der Waals surface area contributed by atoms with Crippen LogP contribution in [0.3, 0.4) is 0 Å². The van der Waals surface area contributed by atoms with Gasteiger partial charge in [0, 0.05) is 25.2 Å². The molecule has 6 nitrogen and oxygen atoms in total. The zero-order valence-corrected chi connectivity index (χ0v) is 14.2. The molecule has 0 aliphatic carbocycles. The average molecular weight is 309 g/mol. The first kappa shape index (κ1) is 17.9. The van der Waals surface area contributed by atoms with Gasteiger partial charge in [-0.3, -0.25) is 4.99 Å². The van der Waals surface area contributed by atoms with Crippen LogP contribution < -0.4 is 19.9 Å². The minimum absolute atomic E-state index is 0.574. The number of rotatable bonds is 8. The van der Waals surface area contributed by atoms with Gasteiger partial charge in [-0.1, -0.05) is 6.07 Å². The zero-order valence-electron chi connectivity index (χ0n) is 14.2. The molecule has 0 atom stereocenters. The predicted molar refractivity (Wildman–Crippen MR) is 89.2 cm³/mol. The Labute approximate surface area is 132 Å². The lowest BCUT2D eigenvalue weighted by Gasteiger charge is -2.19. The molecule has 124 valence electrons. The van der Waals surface area contributed by atoms with Gasteiger partial charge in [0.15, 0.2) is 17.5 Å². The molecule has 0 unspecified atom stereocenters. The number of nitrogens with zero attached hydrogens (tertiary/aromatic N) is 2. The van der Waals surface area contributed by atoms with E-state index in [4.69, 9.17) is 19.9 Å². The maximum Gasteiger partial charge on any atom is 0.203 e. The Bertz CT molecular complexity index is 500. The molecule has 2 N–H and O–H groups in total. The third-order valence-corrected chi connectivity index (χ3v) is 3.53. The van der Waals surface area contributed by atoms with Crippen LogP contribution in [0.25, 0.3) is 0 Å². The lowest BCUT2D eigenvalue weighted by Crippen LogP contribution is -2.37.